The van der Waals surface area contributed by atoms with Gasteiger partial charge >= 0.3 is 0 Å². The number of aromatic hydroxyl groups is 1. The average Bonchev–Trinajstić information content (AvgIpc) is 2.09. The predicted octanol–water partition coefficient (Wildman–Crippen LogP) is 0.890. The van der Waals surface area contributed by atoms with Crippen LogP contribution in [0.2, 0.25) is 0 Å². The highest BCUT2D eigenvalue weighted by Gasteiger charge is 2.18. The van der Waals surface area contributed by atoms with Crippen molar-refractivity contribution in [3.8, 4) is 11.8 Å². The fraction of sp³-hybridized carbons (Fsp3) is 0.143. The van der Waals surface area contributed by atoms with E-state index in [4.69, 9.17) is 10.4 Å². The second-order valence-electron chi connectivity index (χ2n) is 2.21. The van der Waals surface area contributed by atoms with Crippen molar-refractivity contribution in [2.45, 2.75) is 6.43 Å². The molecule has 0 fully saturated rings. The van der Waals surface area contributed by atoms with Gasteiger partial charge in [-0.1, -0.05) is 0 Å². The number of H-pyrrole nitrogens is 1. The molecule has 0 saturated heterocycles. The summed E-state index contributed by atoms with van der Waals surface area (Å²) in [6, 6.07) is 1.34. The van der Waals surface area contributed by atoms with E-state index < -0.39 is 28.9 Å². The smallest absolute Gasteiger partial charge is 0.291 e. The van der Waals surface area contributed by atoms with Gasteiger partial charge in [-0.3, -0.25) is 4.79 Å². The summed E-state index contributed by atoms with van der Waals surface area (Å²) in [6.45, 7) is 0. The third-order valence-corrected chi connectivity index (χ3v) is 1.45. The van der Waals surface area contributed by atoms with Gasteiger partial charge in [0.25, 0.3) is 12.0 Å². The van der Waals surface area contributed by atoms with E-state index in [1.807, 2.05) is 4.98 Å². The monoisotopic (exact) mass is 186 g/mol. The molecule has 0 radical (unpaired) electrons. The Kier molecular flexibility index (Phi) is 2.28. The van der Waals surface area contributed by atoms with Gasteiger partial charge in [0.15, 0.2) is 5.75 Å². The minimum Gasteiger partial charge on any atom is -0.502 e. The Morgan fingerprint density at radius 1 is 1.62 bits per heavy atom. The largest absolute Gasteiger partial charge is 0.502 e. The van der Waals surface area contributed by atoms with Gasteiger partial charge in [-0.05, 0) is 0 Å². The first-order valence-corrected chi connectivity index (χ1v) is 3.20. The van der Waals surface area contributed by atoms with Crippen LogP contribution in [0.25, 0.3) is 0 Å². The second-order valence-corrected chi connectivity index (χ2v) is 2.21. The number of alkyl halides is 2. The molecule has 0 amide bonds. The Balaban J connectivity index is 3.50. The second kappa shape index (κ2) is 3.23. The standard InChI is InChI=1S/C7H4F2N2O2/c8-6(9)4-2-11-7(13)5(12)3(4)1-10/h2,6,12H,(H,11,13). The molecule has 0 aliphatic carbocycles. The van der Waals surface area contributed by atoms with Crippen molar-refractivity contribution in [3.63, 3.8) is 0 Å². The Labute approximate surface area is 71.1 Å². The van der Waals surface area contributed by atoms with Gasteiger partial charge in [0.05, 0.1) is 5.56 Å². The first kappa shape index (κ1) is 9.19. The highest BCUT2D eigenvalue weighted by molar-refractivity contribution is 5.46. The predicted molar refractivity (Wildman–Crippen MR) is 38.4 cm³/mol. The fourth-order valence-corrected chi connectivity index (χ4v) is 0.824. The van der Waals surface area contributed by atoms with E-state index in [0.717, 1.165) is 0 Å². The number of nitriles is 1. The topological polar surface area (TPSA) is 76.9 Å². The SMILES string of the molecule is N#Cc1c(C(F)F)c[nH]c(=O)c1O. The summed E-state index contributed by atoms with van der Waals surface area (Å²) in [4.78, 5) is 12.6. The molecule has 1 heterocycles. The number of hydrogen-bond acceptors (Lipinski definition) is 3. The Morgan fingerprint density at radius 3 is 2.69 bits per heavy atom. The molecule has 0 aliphatic rings. The lowest BCUT2D eigenvalue weighted by molar-refractivity contribution is 0.150. The maximum atomic E-state index is 12.1. The number of aromatic nitrogens is 1. The molecule has 13 heavy (non-hydrogen) atoms. The summed E-state index contributed by atoms with van der Waals surface area (Å²) >= 11 is 0. The molecular weight excluding hydrogens is 182 g/mol. The van der Waals surface area contributed by atoms with Crippen LogP contribution < -0.4 is 5.56 Å². The highest BCUT2D eigenvalue weighted by Crippen LogP contribution is 2.24. The molecule has 1 rings (SSSR count). The fourth-order valence-electron chi connectivity index (χ4n) is 0.824. The van der Waals surface area contributed by atoms with Crippen LogP contribution in [-0.2, 0) is 0 Å². The Morgan fingerprint density at radius 2 is 2.23 bits per heavy atom. The molecule has 6 heteroatoms. The summed E-state index contributed by atoms with van der Waals surface area (Å²) in [5, 5.41) is 17.3. The Bertz CT molecular complexity index is 419. The average molecular weight is 186 g/mol. The zero-order valence-electron chi connectivity index (χ0n) is 6.21. The summed E-state index contributed by atoms with van der Waals surface area (Å²) in [5.74, 6) is -0.972. The van der Waals surface area contributed by atoms with Crippen molar-refractivity contribution in [1.82, 2.24) is 4.98 Å². The normalized spacial score (nSPS) is 10.0. The molecule has 0 aromatic carbocycles. The van der Waals surface area contributed by atoms with Gasteiger partial charge in [0.1, 0.15) is 11.6 Å². The lowest BCUT2D eigenvalue weighted by Gasteiger charge is -2.02. The number of hydrogen-bond donors (Lipinski definition) is 2. The summed E-state index contributed by atoms with van der Waals surface area (Å²) in [7, 11) is 0. The number of aromatic amines is 1. The lowest BCUT2D eigenvalue weighted by Crippen LogP contribution is -2.08. The van der Waals surface area contributed by atoms with Crippen LogP contribution in [0.15, 0.2) is 11.0 Å². The molecule has 0 saturated carbocycles. The minimum atomic E-state index is -2.91. The third-order valence-electron chi connectivity index (χ3n) is 1.45. The van der Waals surface area contributed by atoms with Crippen LogP contribution in [0.1, 0.15) is 17.6 Å². The zero-order chi connectivity index (χ0) is 10.0. The van der Waals surface area contributed by atoms with Gasteiger partial charge < -0.3 is 10.1 Å². The van der Waals surface area contributed by atoms with E-state index in [9.17, 15) is 13.6 Å². The summed E-state index contributed by atoms with van der Waals surface area (Å²) in [5.41, 5.74) is -2.32. The quantitative estimate of drug-likeness (QED) is 0.683. The van der Waals surface area contributed by atoms with E-state index in [-0.39, 0.29) is 0 Å². The zero-order valence-corrected chi connectivity index (χ0v) is 6.21. The molecule has 68 valence electrons. The van der Waals surface area contributed by atoms with Crippen molar-refractivity contribution in [2.75, 3.05) is 0 Å². The number of nitrogens with one attached hydrogen (secondary N) is 1. The lowest BCUT2D eigenvalue weighted by atomic mass is 10.1. The Hall–Kier alpha value is -1.90. The molecule has 1 aromatic rings. The van der Waals surface area contributed by atoms with Crippen molar-refractivity contribution < 1.29 is 13.9 Å². The van der Waals surface area contributed by atoms with Crippen LogP contribution in [0.3, 0.4) is 0 Å². The van der Waals surface area contributed by atoms with Crippen LogP contribution >= 0.6 is 0 Å². The van der Waals surface area contributed by atoms with Crippen molar-refractivity contribution in [1.29, 1.82) is 5.26 Å². The first-order valence-electron chi connectivity index (χ1n) is 3.20. The van der Waals surface area contributed by atoms with Gasteiger partial charge in [0.2, 0.25) is 0 Å². The molecular formula is C7H4F2N2O2. The molecule has 0 aliphatic heterocycles. The van der Waals surface area contributed by atoms with Gasteiger partial charge in [0, 0.05) is 6.20 Å². The van der Waals surface area contributed by atoms with Crippen molar-refractivity contribution in [3.05, 3.63) is 27.7 Å². The number of rotatable bonds is 1. The van der Waals surface area contributed by atoms with Crippen molar-refractivity contribution >= 4 is 0 Å². The van der Waals surface area contributed by atoms with E-state index in [2.05, 4.69) is 0 Å². The summed E-state index contributed by atoms with van der Waals surface area (Å²) < 4.78 is 24.3. The van der Waals surface area contributed by atoms with E-state index in [1.165, 1.54) is 6.07 Å². The van der Waals surface area contributed by atoms with Crippen LogP contribution in [0.5, 0.6) is 5.75 Å². The molecule has 0 spiro atoms. The van der Waals surface area contributed by atoms with Crippen LogP contribution in [-0.4, -0.2) is 10.1 Å². The van der Waals surface area contributed by atoms with Crippen LogP contribution in [0.4, 0.5) is 8.78 Å². The maximum Gasteiger partial charge on any atom is 0.291 e. The highest BCUT2D eigenvalue weighted by atomic mass is 19.3. The number of nitrogens with zero attached hydrogens (tertiary/aromatic N) is 1. The van der Waals surface area contributed by atoms with E-state index in [0.29, 0.717) is 6.20 Å². The van der Waals surface area contributed by atoms with E-state index >= 15 is 0 Å². The number of halogens is 2. The first-order chi connectivity index (χ1) is 6.07. The maximum absolute atomic E-state index is 12.1. The number of pyridine rings is 1. The molecule has 4 nitrogen and oxygen atoms in total. The molecule has 0 atom stereocenters. The van der Waals surface area contributed by atoms with E-state index in [1.54, 1.807) is 0 Å². The summed E-state index contributed by atoms with van der Waals surface area (Å²) in [6.07, 6.45) is -2.19. The van der Waals surface area contributed by atoms with Gasteiger partial charge in [-0.25, -0.2) is 8.78 Å². The third kappa shape index (κ3) is 1.49. The van der Waals surface area contributed by atoms with Crippen LogP contribution in [0, 0.1) is 11.3 Å². The molecule has 1 aromatic heterocycles. The van der Waals surface area contributed by atoms with Gasteiger partial charge in [-0.15, -0.1) is 0 Å². The molecule has 0 unspecified atom stereocenters. The molecule has 0 bridgehead atoms. The minimum absolute atomic E-state index is 0.681. The van der Waals surface area contributed by atoms with Gasteiger partial charge in [-0.2, -0.15) is 5.26 Å². The molecule has 2 N–H and O–H groups in total. The van der Waals surface area contributed by atoms with Crippen molar-refractivity contribution in [2.24, 2.45) is 0 Å².